The van der Waals surface area contributed by atoms with Gasteiger partial charge >= 0.3 is 0 Å². The van der Waals surface area contributed by atoms with Crippen molar-refractivity contribution in [3.05, 3.63) is 83.4 Å². The zero-order chi connectivity index (χ0) is 50.0. The summed E-state index contributed by atoms with van der Waals surface area (Å²) in [7, 11) is 1.84. The Kier molecular flexibility index (Phi) is 14.5. The van der Waals surface area contributed by atoms with E-state index in [0.717, 1.165) is 102 Å². The van der Waals surface area contributed by atoms with Crippen LogP contribution in [0.1, 0.15) is 101 Å². The number of aromatic nitrogens is 4. The van der Waals surface area contributed by atoms with Crippen LogP contribution in [0.5, 0.6) is 5.75 Å². The molecular formula is C54H68FN11O5. The Balaban J connectivity index is 0.713. The average molecular weight is 970 g/mol. The van der Waals surface area contributed by atoms with Crippen molar-refractivity contribution < 1.29 is 29.0 Å². The Morgan fingerprint density at radius 2 is 1.61 bits per heavy atom. The van der Waals surface area contributed by atoms with E-state index in [4.69, 9.17) is 16.4 Å². The Hall–Kier alpha value is -6.38. The van der Waals surface area contributed by atoms with Gasteiger partial charge in [-0.25, -0.2) is 14.4 Å². The number of aliphatic hydroxyl groups is 1. The van der Waals surface area contributed by atoms with Crippen molar-refractivity contribution in [2.45, 2.75) is 115 Å². The number of phenolic OH excluding ortho intramolecular Hbond substituents is 1. The van der Waals surface area contributed by atoms with Gasteiger partial charge in [-0.15, -0.1) is 16.6 Å². The maximum atomic E-state index is 14.6. The second kappa shape index (κ2) is 20.8. The number of hydrogen-bond donors (Lipinski definition) is 5. The van der Waals surface area contributed by atoms with Crippen molar-refractivity contribution >= 4 is 35.2 Å². The molecule has 0 radical (unpaired) electrons. The summed E-state index contributed by atoms with van der Waals surface area (Å²) < 4.78 is 14.6. The van der Waals surface area contributed by atoms with Crippen LogP contribution in [-0.2, 0) is 20.9 Å². The first-order valence-electron chi connectivity index (χ1n) is 25.3. The minimum Gasteiger partial charge on any atom is -0.507 e. The topological polar surface area (TPSA) is 192 Å². The first-order chi connectivity index (χ1) is 34.1. The molecule has 4 aromatic rings. The predicted octanol–water partition coefficient (Wildman–Crippen LogP) is 5.46. The SMILES string of the molecule is C#Cc1ccc(CNC(=O)[C@@H]2C[C@@H](O)CN2C(=O)[C@@H](NC(=O)C2CCC3(CC2)CC(N2CCC(c4cnc(N5CCN(c6cc(-c7ccccc7O)nnc6NC)CC5)nc4)CC2)C3)C(C)(C)C)c(F)c1. The number of nitrogens with one attached hydrogen (secondary N) is 3. The molecule has 17 heteroatoms. The predicted molar refractivity (Wildman–Crippen MR) is 270 cm³/mol. The number of benzene rings is 2. The Labute approximate surface area is 416 Å². The lowest BCUT2D eigenvalue weighted by Crippen LogP contribution is -2.59. The molecule has 1 spiro atoms. The van der Waals surface area contributed by atoms with Crippen molar-refractivity contribution in [1.82, 2.24) is 40.6 Å². The molecule has 2 saturated carbocycles. The van der Waals surface area contributed by atoms with E-state index in [9.17, 15) is 29.0 Å². The van der Waals surface area contributed by atoms with Gasteiger partial charge in [0.1, 0.15) is 23.7 Å². The number of β-amino-alcohol motifs (C(OH)–C–C–N with tert-alkyl or cyclic N) is 1. The number of piperazine rings is 1. The van der Waals surface area contributed by atoms with Crippen molar-refractivity contribution in [3.63, 3.8) is 0 Å². The van der Waals surface area contributed by atoms with Crippen molar-refractivity contribution in [2.75, 3.05) is 68.0 Å². The van der Waals surface area contributed by atoms with E-state index < -0.39 is 41.2 Å². The molecule has 3 amide bonds. The van der Waals surface area contributed by atoms with Crippen LogP contribution in [0.3, 0.4) is 0 Å². The number of rotatable bonds is 12. The zero-order valence-corrected chi connectivity index (χ0v) is 41.4. The van der Waals surface area contributed by atoms with E-state index in [0.29, 0.717) is 34.6 Å². The van der Waals surface area contributed by atoms with E-state index >= 15 is 0 Å². The molecule has 0 unspecified atom stereocenters. The van der Waals surface area contributed by atoms with Gasteiger partial charge in [-0.3, -0.25) is 14.4 Å². The summed E-state index contributed by atoms with van der Waals surface area (Å²) in [4.78, 5) is 59.8. The minimum absolute atomic E-state index is 0.0341. The molecule has 5 aliphatic rings. The van der Waals surface area contributed by atoms with Crippen LogP contribution < -0.4 is 25.8 Å². The number of halogens is 1. The number of carbonyl (C=O) groups is 3. The molecule has 2 aliphatic carbocycles. The number of aromatic hydroxyl groups is 1. The Bertz CT molecular complexity index is 2610. The molecule has 5 fully saturated rings. The Morgan fingerprint density at radius 1 is 0.915 bits per heavy atom. The van der Waals surface area contributed by atoms with Crippen molar-refractivity contribution in [1.29, 1.82) is 0 Å². The number of phenols is 1. The monoisotopic (exact) mass is 970 g/mol. The summed E-state index contributed by atoms with van der Waals surface area (Å²) >= 11 is 0. The Morgan fingerprint density at radius 3 is 2.25 bits per heavy atom. The molecule has 5 N–H and O–H groups in total. The molecule has 3 aliphatic heterocycles. The lowest BCUT2D eigenvalue weighted by molar-refractivity contribution is -0.145. The highest BCUT2D eigenvalue weighted by atomic mass is 19.1. The molecule has 2 aromatic carbocycles. The van der Waals surface area contributed by atoms with Gasteiger partial charge in [0.15, 0.2) is 5.82 Å². The molecule has 3 saturated heterocycles. The molecule has 2 aromatic heterocycles. The number of para-hydroxylation sites is 1. The number of hydrogen-bond acceptors (Lipinski definition) is 13. The first-order valence-corrected chi connectivity index (χ1v) is 25.3. The molecular weight excluding hydrogens is 902 g/mol. The van der Waals surface area contributed by atoms with Gasteiger partial charge in [0.25, 0.3) is 0 Å². The van der Waals surface area contributed by atoms with Crippen LogP contribution in [0.2, 0.25) is 0 Å². The summed E-state index contributed by atoms with van der Waals surface area (Å²) in [5.74, 6) is 2.64. The number of likely N-dealkylation sites (tertiary alicyclic amines) is 2. The summed E-state index contributed by atoms with van der Waals surface area (Å²) in [5, 5.41) is 38.8. The van der Waals surface area contributed by atoms with Crippen LogP contribution in [0.15, 0.2) is 60.9 Å². The van der Waals surface area contributed by atoms with Gasteiger partial charge in [0.2, 0.25) is 23.7 Å². The quantitative estimate of drug-likeness (QED) is 0.113. The second-order valence-corrected chi connectivity index (χ2v) is 21.5. The lowest BCUT2D eigenvalue weighted by Gasteiger charge is -2.55. The van der Waals surface area contributed by atoms with Crippen LogP contribution in [0, 0.1) is 34.9 Å². The smallest absolute Gasteiger partial charge is 0.246 e. The number of anilines is 3. The molecule has 16 nitrogen and oxygen atoms in total. The summed E-state index contributed by atoms with van der Waals surface area (Å²) in [6.07, 6.45) is 16.5. The van der Waals surface area contributed by atoms with Gasteiger partial charge in [0.05, 0.1) is 17.5 Å². The molecule has 9 rings (SSSR count). The third kappa shape index (κ3) is 10.8. The van der Waals surface area contributed by atoms with Gasteiger partial charge in [-0.2, -0.15) is 0 Å². The van der Waals surface area contributed by atoms with E-state index in [1.165, 1.54) is 22.6 Å². The third-order valence-corrected chi connectivity index (χ3v) is 16.0. The van der Waals surface area contributed by atoms with Gasteiger partial charge < -0.3 is 45.8 Å². The first kappa shape index (κ1) is 49.6. The third-order valence-electron chi connectivity index (χ3n) is 16.0. The largest absolute Gasteiger partial charge is 0.507 e. The van der Waals surface area contributed by atoms with E-state index in [1.807, 2.05) is 58.4 Å². The number of carbonyl (C=O) groups excluding carboxylic acids is 3. The molecule has 3 atom stereocenters. The number of terminal acetylenes is 1. The second-order valence-electron chi connectivity index (χ2n) is 21.5. The number of nitrogens with zero attached hydrogens (tertiary/aromatic N) is 8. The zero-order valence-electron chi connectivity index (χ0n) is 41.4. The summed E-state index contributed by atoms with van der Waals surface area (Å²) in [5.41, 5.74) is 3.64. The number of amides is 3. The highest BCUT2D eigenvalue weighted by molar-refractivity contribution is 5.93. The summed E-state index contributed by atoms with van der Waals surface area (Å²) in [6.45, 7) is 10.7. The lowest BCUT2D eigenvalue weighted by atomic mass is 9.56. The summed E-state index contributed by atoms with van der Waals surface area (Å²) in [6, 6.07) is 12.2. The molecule has 5 heterocycles. The van der Waals surface area contributed by atoms with Crippen LogP contribution in [-0.4, -0.2) is 135 Å². The fourth-order valence-electron chi connectivity index (χ4n) is 11.6. The van der Waals surface area contributed by atoms with Gasteiger partial charge in [0, 0.05) is 93.8 Å². The highest BCUT2D eigenvalue weighted by Gasteiger charge is 2.50. The highest BCUT2D eigenvalue weighted by Crippen LogP contribution is 2.55. The van der Waals surface area contributed by atoms with Crippen LogP contribution in [0.25, 0.3) is 11.3 Å². The maximum Gasteiger partial charge on any atom is 0.246 e. The standard InChI is InChI=1S/C54H68FN11O5/c1-6-34-11-12-37(42(55)25-34)30-57-50(70)45-26-40(67)33-66(45)51(71)47(53(2,3)4)60-49(69)36-13-17-54(18-14-36)28-39(29-54)63-19-15-35(16-20-63)38-31-58-52(59-32-38)65-23-21-64(22-24-65)44-27-43(61-62-48(44)56-5)41-9-7-8-10-46(41)68/h1,7-12,25,27,31-32,35-36,39-40,45,47,67-68H,13-24,26,28-30,33H2,2-5H3,(H,56,62)(H,57,70)(H,60,69)/t36?,39?,40-,45+,47-,54?/m1/s1. The van der Waals surface area contributed by atoms with E-state index in [2.05, 4.69) is 46.8 Å². The normalized spacial score (nSPS) is 24.5. The van der Waals surface area contributed by atoms with Crippen molar-refractivity contribution in [3.8, 4) is 29.4 Å². The number of aliphatic hydroxyl groups excluding tert-OH is 1. The van der Waals surface area contributed by atoms with E-state index in [1.54, 1.807) is 18.2 Å². The van der Waals surface area contributed by atoms with Gasteiger partial charge in [-0.1, -0.05) is 44.9 Å². The van der Waals surface area contributed by atoms with Crippen LogP contribution >= 0.6 is 0 Å². The molecule has 0 bridgehead atoms. The fourth-order valence-corrected chi connectivity index (χ4v) is 11.6. The molecule has 376 valence electrons. The maximum absolute atomic E-state index is 14.6. The van der Waals surface area contributed by atoms with Gasteiger partial charge in [-0.05, 0) is 117 Å². The fraction of sp³-hybridized carbons (Fsp3) is 0.537. The van der Waals surface area contributed by atoms with Crippen LogP contribution in [0.4, 0.5) is 21.8 Å². The number of piperidine rings is 1. The average Bonchev–Trinajstić information content (AvgIpc) is 3.78. The minimum atomic E-state index is -0.960. The van der Waals surface area contributed by atoms with E-state index in [-0.39, 0.29) is 48.1 Å². The molecule has 71 heavy (non-hydrogen) atoms. The van der Waals surface area contributed by atoms with Crippen molar-refractivity contribution in [2.24, 2.45) is 16.7 Å².